The van der Waals surface area contributed by atoms with Crippen LogP contribution in [0.2, 0.25) is 0 Å². The van der Waals surface area contributed by atoms with Gasteiger partial charge in [0.15, 0.2) is 0 Å². The number of methoxy groups -OCH3 is 1. The number of hydrogen-bond donors (Lipinski definition) is 1. The van der Waals surface area contributed by atoms with Gasteiger partial charge < -0.3 is 14.6 Å². The molecule has 5 nitrogen and oxygen atoms in total. The molecule has 0 saturated heterocycles. The number of fused-ring (bicyclic) bond motifs is 2. The molecule has 1 amide bonds. The van der Waals surface area contributed by atoms with E-state index in [1.807, 2.05) is 36.7 Å². The number of amides is 1. The van der Waals surface area contributed by atoms with Gasteiger partial charge in [0.1, 0.15) is 5.82 Å². The van der Waals surface area contributed by atoms with Gasteiger partial charge in [0.25, 0.3) is 5.91 Å². The van der Waals surface area contributed by atoms with Crippen LogP contribution in [0.25, 0.3) is 21.1 Å². The molecule has 1 N–H and O–H groups in total. The molecule has 0 spiro atoms. The van der Waals surface area contributed by atoms with Crippen LogP contribution in [0.4, 0.5) is 4.39 Å². The molecular weight excluding hydrogens is 377 g/mol. The molecular formula is C21H20FN3O2S. The van der Waals surface area contributed by atoms with Crippen molar-refractivity contribution in [3.8, 4) is 0 Å². The van der Waals surface area contributed by atoms with Crippen LogP contribution in [0.5, 0.6) is 0 Å². The van der Waals surface area contributed by atoms with Crippen molar-refractivity contribution < 1.29 is 13.9 Å². The first-order valence-corrected chi connectivity index (χ1v) is 9.87. The number of halogens is 1. The number of imidazole rings is 1. The van der Waals surface area contributed by atoms with Gasteiger partial charge in [0, 0.05) is 35.8 Å². The standard InChI is InChI=1S/C21H20FN3O2S/c1-27-12-14-19-15(22)6-4-9-18(19)28-20(14)21(26)23-10-5-11-25-13-24-16-7-2-3-8-17(16)25/h2-4,6-9,13H,5,10-12H2,1H3,(H,23,26). The first-order valence-electron chi connectivity index (χ1n) is 9.06. The summed E-state index contributed by atoms with van der Waals surface area (Å²) < 4.78 is 22.3. The zero-order chi connectivity index (χ0) is 19.5. The van der Waals surface area contributed by atoms with Gasteiger partial charge >= 0.3 is 0 Å². The van der Waals surface area contributed by atoms with E-state index in [-0.39, 0.29) is 18.3 Å². The Balaban J connectivity index is 1.44. The van der Waals surface area contributed by atoms with E-state index in [2.05, 4.69) is 14.9 Å². The number of nitrogens with one attached hydrogen (secondary N) is 1. The van der Waals surface area contributed by atoms with E-state index in [0.717, 1.165) is 28.7 Å². The molecule has 4 rings (SSSR count). The van der Waals surface area contributed by atoms with Crippen LogP contribution in [0.15, 0.2) is 48.8 Å². The normalized spacial score (nSPS) is 11.4. The molecule has 0 unspecified atom stereocenters. The topological polar surface area (TPSA) is 56.1 Å². The van der Waals surface area contributed by atoms with E-state index in [1.54, 1.807) is 13.2 Å². The Morgan fingerprint density at radius 1 is 1.25 bits per heavy atom. The molecule has 0 aliphatic rings. The molecule has 4 aromatic rings. The second-order valence-electron chi connectivity index (χ2n) is 6.49. The summed E-state index contributed by atoms with van der Waals surface area (Å²) in [6, 6.07) is 12.8. The van der Waals surface area contributed by atoms with Gasteiger partial charge in [-0.15, -0.1) is 11.3 Å². The smallest absolute Gasteiger partial charge is 0.261 e. The number of carbonyl (C=O) groups is 1. The van der Waals surface area contributed by atoms with Crippen molar-refractivity contribution in [3.05, 3.63) is 65.0 Å². The van der Waals surface area contributed by atoms with Crippen LogP contribution in [-0.4, -0.2) is 29.1 Å². The van der Waals surface area contributed by atoms with Crippen molar-refractivity contribution in [2.45, 2.75) is 19.6 Å². The summed E-state index contributed by atoms with van der Waals surface area (Å²) in [7, 11) is 1.54. The summed E-state index contributed by atoms with van der Waals surface area (Å²) in [5.41, 5.74) is 2.65. The van der Waals surface area contributed by atoms with Crippen molar-refractivity contribution in [1.82, 2.24) is 14.9 Å². The number of benzene rings is 2. The molecule has 2 aromatic heterocycles. The third kappa shape index (κ3) is 3.50. The molecule has 0 radical (unpaired) electrons. The third-order valence-electron chi connectivity index (χ3n) is 4.65. The Morgan fingerprint density at radius 2 is 2.11 bits per heavy atom. The Morgan fingerprint density at radius 3 is 2.96 bits per heavy atom. The second-order valence-corrected chi connectivity index (χ2v) is 7.54. The Hall–Kier alpha value is -2.77. The van der Waals surface area contributed by atoms with E-state index in [0.29, 0.717) is 22.4 Å². The molecule has 2 aromatic carbocycles. The van der Waals surface area contributed by atoms with Gasteiger partial charge in [-0.1, -0.05) is 18.2 Å². The summed E-state index contributed by atoms with van der Waals surface area (Å²) >= 11 is 1.30. The highest BCUT2D eigenvalue weighted by Crippen LogP contribution is 2.33. The van der Waals surface area contributed by atoms with Crippen LogP contribution >= 0.6 is 11.3 Å². The lowest BCUT2D eigenvalue weighted by atomic mass is 10.1. The highest BCUT2D eigenvalue weighted by molar-refractivity contribution is 7.21. The number of para-hydroxylation sites is 2. The lowest BCUT2D eigenvalue weighted by Gasteiger charge is -2.07. The maximum Gasteiger partial charge on any atom is 0.261 e. The number of thiophene rings is 1. The highest BCUT2D eigenvalue weighted by atomic mass is 32.1. The number of nitrogens with zero attached hydrogens (tertiary/aromatic N) is 2. The quantitative estimate of drug-likeness (QED) is 0.472. The first kappa shape index (κ1) is 18.6. The minimum absolute atomic E-state index is 0.192. The van der Waals surface area contributed by atoms with Crippen molar-refractivity contribution in [1.29, 1.82) is 0 Å². The number of aromatic nitrogens is 2. The fourth-order valence-electron chi connectivity index (χ4n) is 3.35. The fourth-order valence-corrected chi connectivity index (χ4v) is 4.49. The number of ether oxygens (including phenoxy) is 1. The number of hydrogen-bond acceptors (Lipinski definition) is 4. The van der Waals surface area contributed by atoms with Crippen molar-refractivity contribution in [2.24, 2.45) is 0 Å². The molecule has 0 atom stereocenters. The minimum Gasteiger partial charge on any atom is -0.380 e. The van der Waals surface area contributed by atoms with E-state index < -0.39 is 0 Å². The van der Waals surface area contributed by atoms with E-state index in [9.17, 15) is 9.18 Å². The molecule has 2 heterocycles. The van der Waals surface area contributed by atoms with E-state index in [1.165, 1.54) is 17.4 Å². The number of rotatable bonds is 7. The summed E-state index contributed by atoms with van der Waals surface area (Å²) in [6.45, 7) is 1.48. The van der Waals surface area contributed by atoms with Gasteiger partial charge in [-0.05, 0) is 30.7 Å². The number of aryl methyl sites for hydroxylation is 1. The van der Waals surface area contributed by atoms with Gasteiger partial charge in [-0.25, -0.2) is 9.37 Å². The highest BCUT2D eigenvalue weighted by Gasteiger charge is 2.20. The summed E-state index contributed by atoms with van der Waals surface area (Å²) in [5.74, 6) is -0.519. The summed E-state index contributed by atoms with van der Waals surface area (Å²) in [5, 5.41) is 3.42. The first-order chi connectivity index (χ1) is 13.7. The fraction of sp³-hybridized carbons (Fsp3) is 0.238. The van der Waals surface area contributed by atoms with Gasteiger partial charge in [0.05, 0.1) is 28.8 Å². The Bertz CT molecular complexity index is 1140. The molecule has 0 fully saturated rings. The number of carbonyl (C=O) groups excluding carboxylic acids is 1. The molecule has 144 valence electrons. The largest absolute Gasteiger partial charge is 0.380 e. The van der Waals surface area contributed by atoms with Crippen molar-refractivity contribution >= 4 is 38.4 Å². The maximum absolute atomic E-state index is 14.2. The molecule has 0 aliphatic heterocycles. The van der Waals surface area contributed by atoms with Crippen LogP contribution in [0.1, 0.15) is 21.7 Å². The van der Waals surface area contributed by atoms with Crippen LogP contribution < -0.4 is 5.32 Å². The molecule has 0 aliphatic carbocycles. The molecule has 0 bridgehead atoms. The predicted molar refractivity (Wildman–Crippen MR) is 109 cm³/mol. The van der Waals surface area contributed by atoms with Gasteiger partial charge in [-0.3, -0.25) is 4.79 Å². The third-order valence-corrected chi connectivity index (χ3v) is 5.84. The van der Waals surface area contributed by atoms with Crippen molar-refractivity contribution in [3.63, 3.8) is 0 Å². The second kappa shape index (κ2) is 8.08. The van der Waals surface area contributed by atoms with Crippen LogP contribution in [0, 0.1) is 5.82 Å². The molecule has 7 heteroatoms. The molecule has 28 heavy (non-hydrogen) atoms. The predicted octanol–water partition coefficient (Wildman–Crippen LogP) is 4.36. The molecule has 0 saturated carbocycles. The van der Waals surface area contributed by atoms with Crippen LogP contribution in [0.3, 0.4) is 0 Å². The van der Waals surface area contributed by atoms with E-state index in [4.69, 9.17) is 4.74 Å². The van der Waals surface area contributed by atoms with Crippen molar-refractivity contribution in [2.75, 3.05) is 13.7 Å². The van der Waals surface area contributed by atoms with E-state index >= 15 is 0 Å². The average Bonchev–Trinajstić information content (AvgIpc) is 3.28. The lowest BCUT2D eigenvalue weighted by molar-refractivity contribution is 0.0952. The average molecular weight is 397 g/mol. The Labute approximate surface area is 165 Å². The van der Waals surface area contributed by atoms with Gasteiger partial charge in [-0.2, -0.15) is 0 Å². The zero-order valence-electron chi connectivity index (χ0n) is 15.4. The summed E-state index contributed by atoms with van der Waals surface area (Å²) in [4.78, 5) is 17.6. The van der Waals surface area contributed by atoms with Crippen LogP contribution in [-0.2, 0) is 17.9 Å². The minimum atomic E-state index is -0.327. The zero-order valence-corrected chi connectivity index (χ0v) is 16.3. The van der Waals surface area contributed by atoms with Gasteiger partial charge in [0.2, 0.25) is 0 Å². The SMILES string of the molecule is COCc1c(C(=O)NCCCn2cnc3ccccc32)sc2cccc(F)c12. The summed E-state index contributed by atoms with van der Waals surface area (Å²) in [6.07, 6.45) is 2.59. The monoisotopic (exact) mass is 397 g/mol. The lowest BCUT2D eigenvalue weighted by Crippen LogP contribution is -2.25. The Kier molecular flexibility index (Phi) is 5.36. The maximum atomic E-state index is 14.2.